The van der Waals surface area contributed by atoms with E-state index in [9.17, 15) is 0 Å². The van der Waals surface area contributed by atoms with Crippen LogP contribution in [0.3, 0.4) is 0 Å². The smallest absolute Gasteiger partial charge is 0.0261 e. The monoisotopic (exact) mass is 140 g/mol. The van der Waals surface area contributed by atoms with Crippen LogP contribution >= 0.6 is 0 Å². The average molecular weight is 140 g/mol. The number of nitrogens with one attached hydrogen (secondary N) is 2. The fraction of sp³-hybridized carbons (Fsp3) is 1.00. The van der Waals surface area contributed by atoms with E-state index >= 15 is 0 Å². The molecule has 2 nitrogen and oxygen atoms in total. The van der Waals surface area contributed by atoms with Gasteiger partial charge in [0.25, 0.3) is 0 Å². The Labute approximate surface area is 62.4 Å². The van der Waals surface area contributed by atoms with E-state index < -0.39 is 0 Å². The molecule has 58 valence electrons. The van der Waals surface area contributed by atoms with Crippen LogP contribution in [0.5, 0.6) is 0 Å². The first-order valence-electron chi connectivity index (χ1n) is 4.17. The third-order valence-corrected chi connectivity index (χ3v) is 2.98. The Kier molecular flexibility index (Phi) is 1.29. The Bertz CT molecular complexity index is 146. The van der Waals surface area contributed by atoms with Gasteiger partial charge in [0.05, 0.1) is 0 Å². The van der Waals surface area contributed by atoms with Crippen LogP contribution in [0.15, 0.2) is 0 Å². The highest BCUT2D eigenvalue weighted by Crippen LogP contribution is 2.35. The van der Waals surface area contributed by atoms with Gasteiger partial charge in [-0.05, 0) is 18.8 Å². The summed E-state index contributed by atoms with van der Waals surface area (Å²) in [7, 11) is 0. The van der Waals surface area contributed by atoms with E-state index in [1.807, 2.05) is 0 Å². The van der Waals surface area contributed by atoms with Gasteiger partial charge in [-0.15, -0.1) is 0 Å². The van der Waals surface area contributed by atoms with Crippen molar-refractivity contribution in [3.8, 4) is 0 Å². The van der Waals surface area contributed by atoms with Crippen molar-refractivity contribution in [1.82, 2.24) is 10.6 Å². The SMILES string of the molecule is CC1CC2(C)CNCC2N1. The molecule has 0 spiro atoms. The summed E-state index contributed by atoms with van der Waals surface area (Å²) in [6.07, 6.45) is 1.34. The van der Waals surface area contributed by atoms with Gasteiger partial charge in [-0.2, -0.15) is 0 Å². The van der Waals surface area contributed by atoms with E-state index in [4.69, 9.17) is 0 Å². The second-order valence-electron chi connectivity index (χ2n) is 4.11. The Morgan fingerprint density at radius 2 is 2.30 bits per heavy atom. The molecule has 2 heterocycles. The summed E-state index contributed by atoms with van der Waals surface area (Å²) >= 11 is 0. The van der Waals surface area contributed by atoms with Crippen molar-refractivity contribution >= 4 is 0 Å². The Hall–Kier alpha value is -0.0800. The lowest BCUT2D eigenvalue weighted by molar-refractivity contribution is 0.351. The first-order chi connectivity index (χ1) is 4.71. The highest BCUT2D eigenvalue weighted by atomic mass is 15.1. The molecule has 0 amide bonds. The first kappa shape index (κ1) is 6.62. The van der Waals surface area contributed by atoms with Crippen LogP contribution in [-0.4, -0.2) is 25.2 Å². The summed E-state index contributed by atoms with van der Waals surface area (Å²) in [6, 6.07) is 1.47. The van der Waals surface area contributed by atoms with Crippen LogP contribution in [0.1, 0.15) is 20.3 Å². The van der Waals surface area contributed by atoms with Crippen LogP contribution < -0.4 is 10.6 Å². The lowest BCUT2D eigenvalue weighted by Gasteiger charge is -2.20. The predicted octanol–water partition coefficient (Wildman–Crippen LogP) is 0.346. The van der Waals surface area contributed by atoms with Gasteiger partial charge in [-0.3, -0.25) is 0 Å². The zero-order valence-electron chi connectivity index (χ0n) is 6.78. The van der Waals surface area contributed by atoms with Crippen LogP contribution in [-0.2, 0) is 0 Å². The highest BCUT2D eigenvalue weighted by Gasteiger charge is 2.44. The van der Waals surface area contributed by atoms with Gasteiger partial charge in [0.1, 0.15) is 0 Å². The summed E-state index contributed by atoms with van der Waals surface area (Å²) < 4.78 is 0. The topological polar surface area (TPSA) is 24.1 Å². The largest absolute Gasteiger partial charge is 0.315 e. The van der Waals surface area contributed by atoms with Crippen molar-refractivity contribution in [2.24, 2.45) is 5.41 Å². The molecule has 0 aromatic rings. The van der Waals surface area contributed by atoms with Crippen LogP contribution in [0.25, 0.3) is 0 Å². The molecule has 2 aliphatic heterocycles. The third-order valence-electron chi connectivity index (χ3n) is 2.98. The van der Waals surface area contributed by atoms with Crippen molar-refractivity contribution in [1.29, 1.82) is 0 Å². The second kappa shape index (κ2) is 1.95. The van der Waals surface area contributed by atoms with Gasteiger partial charge in [-0.25, -0.2) is 0 Å². The van der Waals surface area contributed by atoms with E-state index in [-0.39, 0.29) is 0 Å². The van der Waals surface area contributed by atoms with Gasteiger partial charge >= 0.3 is 0 Å². The van der Waals surface area contributed by atoms with Crippen molar-refractivity contribution in [2.45, 2.75) is 32.4 Å². The van der Waals surface area contributed by atoms with Crippen molar-refractivity contribution in [2.75, 3.05) is 13.1 Å². The Morgan fingerprint density at radius 1 is 1.50 bits per heavy atom. The number of hydrogen-bond acceptors (Lipinski definition) is 2. The zero-order valence-corrected chi connectivity index (χ0v) is 6.78. The lowest BCUT2D eigenvalue weighted by atomic mass is 9.84. The summed E-state index contributed by atoms with van der Waals surface area (Å²) in [4.78, 5) is 0. The molecule has 0 aliphatic carbocycles. The molecule has 2 saturated heterocycles. The summed E-state index contributed by atoms with van der Waals surface area (Å²) in [6.45, 7) is 7.04. The molecule has 10 heavy (non-hydrogen) atoms. The molecule has 2 aliphatic rings. The molecule has 3 unspecified atom stereocenters. The number of fused-ring (bicyclic) bond motifs is 1. The van der Waals surface area contributed by atoms with Gasteiger partial charge in [0.2, 0.25) is 0 Å². The molecular formula is C8H16N2. The molecular weight excluding hydrogens is 124 g/mol. The van der Waals surface area contributed by atoms with Crippen molar-refractivity contribution in [3.05, 3.63) is 0 Å². The van der Waals surface area contributed by atoms with Crippen LogP contribution in [0.4, 0.5) is 0 Å². The molecule has 0 aromatic heterocycles. The maximum absolute atomic E-state index is 3.59. The van der Waals surface area contributed by atoms with Gasteiger partial charge < -0.3 is 10.6 Å². The maximum Gasteiger partial charge on any atom is 0.0261 e. The summed E-state index contributed by atoms with van der Waals surface area (Å²) in [5.41, 5.74) is 0.555. The van der Waals surface area contributed by atoms with E-state index in [0.717, 1.165) is 12.1 Å². The standard InChI is InChI=1S/C8H16N2/c1-6-3-8(2)5-9-4-7(8)10-6/h6-7,9-10H,3-5H2,1-2H3. The lowest BCUT2D eigenvalue weighted by Crippen LogP contribution is -2.34. The average Bonchev–Trinajstić information content (AvgIpc) is 2.20. The number of rotatable bonds is 0. The third kappa shape index (κ3) is 0.789. The molecule has 2 rings (SSSR count). The minimum atomic E-state index is 0.555. The molecule has 2 heteroatoms. The summed E-state index contributed by atoms with van der Waals surface area (Å²) in [5.74, 6) is 0. The van der Waals surface area contributed by atoms with E-state index in [0.29, 0.717) is 5.41 Å². The summed E-state index contributed by atoms with van der Waals surface area (Å²) in [5, 5.41) is 7.02. The van der Waals surface area contributed by atoms with E-state index in [2.05, 4.69) is 24.5 Å². The maximum atomic E-state index is 3.59. The van der Waals surface area contributed by atoms with Gasteiger partial charge in [-0.1, -0.05) is 6.92 Å². The minimum Gasteiger partial charge on any atom is -0.315 e. The highest BCUT2D eigenvalue weighted by molar-refractivity contribution is 5.04. The van der Waals surface area contributed by atoms with Crippen molar-refractivity contribution in [3.63, 3.8) is 0 Å². The molecule has 0 bridgehead atoms. The Morgan fingerprint density at radius 3 is 3.00 bits per heavy atom. The zero-order chi connectivity index (χ0) is 7.19. The van der Waals surface area contributed by atoms with Crippen LogP contribution in [0.2, 0.25) is 0 Å². The molecule has 2 fully saturated rings. The van der Waals surface area contributed by atoms with Gasteiger partial charge in [0.15, 0.2) is 0 Å². The number of hydrogen-bond donors (Lipinski definition) is 2. The predicted molar refractivity (Wildman–Crippen MR) is 42.0 cm³/mol. The normalized spacial score (nSPS) is 53.4. The second-order valence-corrected chi connectivity index (χ2v) is 4.11. The van der Waals surface area contributed by atoms with Gasteiger partial charge in [0, 0.05) is 25.2 Å². The van der Waals surface area contributed by atoms with E-state index in [1.54, 1.807) is 0 Å². The quantitative estimate of drug-likeness (QED) is 0.507. The van der Waals surface area contributed by atoms with Crippen molar-refractivity contribution < 1.29 is 0 Å². The molecule has 3 atom stereocenters. The minimum absolute atomic E-state index is 0.555. The Balaban J connectivity index is 2.15. The van der Waals surface area contributed by atoms with E-state index in [1.165, 1.54) is 19.5 Å². The molecule has 0 saturated carbocycles. The fourth-order valence-electron chi connectivity index (χ4n) is 2.45. The molecule has 0 aromatic carbocycles. The van der Waals surface area contributed by atoms with Crippen LogP contribution in [0, 0.1) is 5.41 Å². The molecule has 0 radical (unpaired) electrons. The first-order valence-corrected chi connectivity index (χ1v) is 4.17. The molecule has 2 N–H and O–H groups in total. The fourth-order valence-corrected chi connectivity index (χ4v) is 2.45.